The highest BCUT2D eigenvalue weighted by molar-refractivity contribution is 7.98. The van der Waals surface area contributed by atoms with E-state index in [1.54, 1.807) is 6.07 Å². The highest BCUT2D eigenvalue weighted by atomic mass is 35.5. The zero-order valence-corrected chi connectivity index (χ0v) is 12.8. The summed E-state index contributed by atoms with van der Waals surface area (Å²) in [4.78, 5) is 29.7. The molecule has 0 bridgehead atoms. The summed E-state index contributed by atoms with van der Waals surface area (Å²) in [5, 5.41) is 1.12. The first kappa shape index (κ1) is 15.6. The Hall–Kier alpha value is -1.79. The molecule has 1 heterocycles. The SMILES string of the molecule is COC(=O)Cc1cc(=O)[nH]c(SCc2cccc(Cl)c2)n1. The molecule has 1 aromatic carbocycles. The summed E-state index contributed by atoms with van der Waals surface area (Å²) in [5.74, 6) is 0.185. The zero-order valence-electron chi connectivity index (χ0n) is 11.3. The number of aromatic nitrogens is 2. The van der Waals surface area contributed by atoms with Crippen LogP contribution >= 0.6 is 23.4 Å². The summed E-state index contributed by atoms with van der Waals surface area (Å²) in [7, 11) is 1.30. The molecule has 0 aliphatic rings. The van der Waals surface area contributed by atoms with Gasteiger partial charge >= 0.3 is 5.97 Å². The van der Waals surface area contributed by atoms with Gasteiger partial charge in [-0.2, -0.15) is 0 Å². The Morgan fingerprint density at radius 3 is 2.95 bits per heavy atom. The fraction of sp³-hybridized carbons (Fsp3) is 0.214. The Bertz CT molecular complexity index is 703. The van der Waals surface area contributed by atoms with Crippen molar-refractivity contribution in [3.8, 4) is 0 Å². The van der Waals surface area contributed by atoms with E-state index in [1.165, 1.54) is 24.9 Å². The highest BCUT2D eigenvalue weighted by Gasteiger charge is 2.08. The van der Waals surface area contributed by atoms with Gasteiger partial charge in [0.15, 0.2) is 5.16 Å². The Balaban J connectivity index is 2.09. The minimum atomic E-state index is -0.432. The maximum absolute atomic E-state index is 11.6. The summed E-state index contributed by atoms with van der Waals surface area (Å²) in [6, 6.07) is 8.75. The fourth-order valence-corrected chi connectivity index (χ4v) is 2.69. The van der Waals surface area contributed by atoms with Crippen LogP contribution in [0, 0.1) is 0 Å². The molecule has 0 radical (unpaired) electrons. The topological polar surface area (TPSA) is 72.1 Å². The maximum Gasteiger partial charge on any atom is 0.311 e. The number of hydrogen-bond acceptors (Lipinski definition) is 5. The quantitative estimate of drug-likeness (QED) is 0.519. The van der Waals surface area contributed by atoms with Crippen molar-refractivity contribution in [2.75, 3.05) is 7.11 Å². The molecule has 0 fully saturated rings. The second kappa shape index (κ2) is 7.28. The Morgan fingerprint density at radius 2 is 2.24 bits per heavy atom. The lowest BCUT2D eigenvalue weighted by atomic mass is 10.2. The van der Waals surface area contributed by atoms with E-state index < -0.39 is 5.97 Å². The number of esters is 1. The monoisotopic (exact) mass is 324 g/mol. The number of thioether (sulfide) groups is 1. The van der Waals surface area contributed by atoms with Gasteiger partial charge in [0.2, 0.25) is 0 Å². The second-order valence-electron chi connectivity index (χ2n) is 4.21. The number of rotatable bonds is 5. The van der Waals surface area contributed by atoms with E-state index in [2.05, 4.69) is 14.7 Å². The molecule has 5 nitrogen and oxygen atoms in total. The number of benzene rings is 1. The summed E-state index contributed by atoms with van der Waals surface area (Å²) < 4.78 is 4.56. The Labute approximate surface area is 130 Å². The summed E-state index contributed by atoms with van der Waals surface area (Å²) in [6.45, 7) is 0. The number of H-pyrrole nitrogens is 1. The van der Waals surface area contributed by atoms with Crippen LogP contribution in [-0.4, -0.2) is 23.0 Å². The lowest BCUT2D eigenvalue weighted by Gasteiger charge is -2.04. The largest absolute Gasteiger partial charge is 0.469 e. The number of halogens is 1. The van der Waals surface area contributed by atoms with Crippen molar-refractivity contribution in [3.05, 3.63) is 57.0 Å². The minimum Gasteiger partial charge on any atom is -0.469 e. The number of methoxy groups -OCH3 is 1. The van der Waals surface area contributed by atoms with Gasteiger partial charge in [-0.25, -0.2) is 4.98 Å². The molecular weight excluding hydrogens is 312 g/mol. The molecule has 1 aromatic heterocycles. The van der Waals surface area contributed by atoms with Crippen LogP contribution in [0.25, 0.3) is 0 Å². The number of ether oxygens (including phenoxy) is 1. The zero-order chi connectivity index (χ0) is 15.2. The molecule has 1 N–H and O–H groups in total. The van der Waals surface area contributed by atoms with Gasteiger partial charge in [-0.1, -0.05) is 35.5 Å². The van der Waals surface area contributed by atoms with Crippen LogP contribution in [0.4, 0.5) is 0 Å². The number of aromatic amines is 1. The van der Waals surface area contributed by atoms with E-state index in [4.69, 9.17) is 11.6 Å². The molecule has 0 aliphatic carbocycles. The first-order chi connectivity index (χ1) is 10.1. The normalized spacial score (nSPS) is 10.4. The molecule has 110 valence electrons. The Kier molecular flexibility index (Phi) is 5.41. The van der Waals surface area contributed by atoms with Crippen molar-refractivity contribution < 1.29 is 9.53 Å². The van der Waals surface area contributed by atoms with E-state index in [-0.39, 0.29) is 12.0 Å². The molecule has 0 saturated carbocycles. The van der Waals surface area contributed by atoms with E-state index in [1.807, 2.05) is 18.2 Å². The van der Waals surface area contributed by atoms with Crippen LogP contribution in [0.2, 0.25) is 5.02 Å². The van der Waals surface area contributed by atoms with Crippen LogP contribution in [0.1, 0.15) is 11.3 Å². The van der Waals surface area contributed by atoms with Crippen molar-refractivity contribution in [2.45, 2.75) is 17.3 Å². The standard InChI is InChI=1S/C14H13ClN2O3S/c1-20-13(19)7-11-6-12(18)17-14(16-11)21-8-9-3-2-4-10(15)5-9/h2-6H,7-8H2,1H3,(H,16,17,18). The van der Waals surface area contributed by atoms with Crippen molar-refractivity contribution >= 4 is 29.3 Å². The van der Waals surface area contributed by atoms with Crippen LogP contribution < -0.4 is 5.56 Å². The molecule has 0 saturated heterocycles. The van der Waals surface area contributed by atoms with Crippen LogP contribution in [0.5, 0.6) is 0 Å². The van der Waals surface area contributed by atoms with Crippen molar-refractivity contribution in [3.63, 3.8) is 0 Å². The van der Waals surface area contributed by atoms with Crippen molar-refractivity contribution in [1.82, 2.24) is 9.97 Å². The van der Waals surface area contributed by atoms with Gasteiger partial charge in [0.25, 0.3) is 5.56 Å². The number of hydrogen-bond donors (Lipinski definition) is 1. The number of nitrogens with zero attached hydrogens (tertiary/aromatic N) is 1. The highest BCUT2D eigenvalue weighted by Crippen LogP contribution is 2.20. The lowest BCUT2D eigenvalue weighted by molar-refractivity contribution is -0.139. The molecular formula is C14H13ClN2O3S. The van der Waals surface area contributed by atoms with E-state index in [0.29, 0.717) is 21.6 Å². The fourth-order valence-electron chi connectivity index (χ4n) is 1.64. The van der Waals surface area contributed by atoms with Crippen molar-refractivity contribution in [1.29, 1.82) is 0 Å². The van der Waals surface area contributed by atoms with Crippen LogP contribution in [-0.2, 0) is 21.7 Å². The third-order valence-electron chi connectivity index (χ3n) is 2.59. The number of carbonyl (C=O) groups is 1. The van der Waals surface area contributed by atoms with Gasteiger partial charge < -0.3 is 9.72 Å². The van der Waals surface area contributed by atoms with Gasteiger partial charge in [0.1, 0.15) is 0 Å². The first-order valence-electron chi connectivity index (χ1n) is 6.11. The van der Waals surface area contributed by atoms with Gasteiger partial charge in [-0.05, 0) is 17.7 Å². The average Bonchev–Trinajstić information content (AvgIpc) is 2.44. The summed E-state index contributed by atoms with van der Waals surface area (Å²) >= 11 is 7.28. The lowest BCUT2D eigenvalue weighted by Crippen LogP contribution is -2.13. The van der Waals surface area contributed by atoms with Gasteiger partial charge in [-0.3, -0.25) is 9.59 Å². The molecule has 0 atom stereocenters. The Morgan fingerprint density at radius 1 is 1.43 bits per heavy atom. The number of carbonyl (C=O) groups excluding carboxylic acids is 1. The summed E-state index contributed by atoms with van der Waals surface area (Å²) in [6.07, 6.45) is -0.0227. The smallest absolute Gasteiger partial charge is 0.311 e. The van der Waals surface area contributed by atoms with E-state index >= 15 is 0 Å². The molecule has 0 unspecified atom stereocenters. The predicted molar refractivity (Wildman–Crippen MR) is 81.6 cm³/mol. The maximum atomic E-state index is 11.6. The second-order valence-corrected chi connectivity index (χ2v) is 5.61. The van der Waals surface area contributed by atoms with Gasteiger partial charge in [0.05, 0.1) is 19.2 Å². The molecule has 2 aromatic rings. The van der Waals surface area contributed by atoms with E-state index in [0.717, 1.165) is 5.56 Å². The third kappa shape index (κ3) is 4.91. The molecule has 21 heavy (non-hydrogen) atoms. The summed E-state index contributed by atoms with van der Waals surface area (Å²) in [5.41, 5.74) is 1.12. The molecule has 0 amide bonds. The molecule has 0 spiro atoms. The molecule has 2 rings (SSSR count). The van der Waals surface area contributed by atoms with Gasteiger partial charge in [-0.15, -0.1) is 0 Å². The van der Waals surface area contributed by atoms with Crippen LogP contribution in [0.15, 0.2) is 40.3 Å². The van der Waals surface area contributed by atoms with Crippen LogP contribution in [0.3, 0.4) is 0 Å². The average molecular weight is 325 g/mol. The number of nitrogens with one attached hydrogen (secondary N) is 1. The van der Waals surface area contributed by atoms with Crippen molar-refractivity contribution in [2.24, 2.45) is 0 Å². The first-order valence-corrected chi connectivity index (χ1v) is 7.47. The van der Waals surface area contributed by atoms with E-state index in [9.17, 15) is 9.59 Å². The minimum absolute atomic E-state index is 0.0227. The predicted octanol–water partition coefficient (Wildman–Crippen LogP) is 2.43. The third-order valence-corrected chi connectivity index (χ3v) is 3.77. The molecule has 7 heteroatoms. The molecule has 0 aliphatic heterocycles. The van der Waals surface area contributed by atoms with Gasteiger partial charge in [0, 0.05) is 16.8 Å².